The van der Waals surface area contributed by atoms with Crippen molar-refractivity contribution in [2.75, 3.05) is 23.8 Å². The quantitative estimate of drug-likeness (QED) is 0.705. The molecular weight excluding hydrogens is 244 g/mol. The highest BCUT2D eigenvalue weighted by molar-refractivity contribution is 5.97. The number of aliphatic hydroxyl groups is 1. The van der Waals surface area contributed by atoms with E-state index < -0.39 is 5.97 Å². The molecule has 0 unspecified atom stereocenters. The van der Waals surface area contributed by atoms with Gasteiger partial charge in [-0.05, 0) is 25.0 Å². The van der Waals surface area contributed by atoms with Crippen molar-refractivity contribution in [2.45, 2.75) is 31.7 Å². The first kappa shape index (κ1) is 13.7. The predicted molar refractivity (Wildman–Crippen MR) is 74.5 cm³/mol. The molecule has 1 aliphatic rings. The number of nitrogen functional groups attached to an aromatic ring is 1. The Morgan fingerprint density at radius 2 is 2.05 bits per heavy atom. The van der Waals surface area contributed by atoms with Crippen LogP contribution >= 0.6 is 0 Å². The Morgan fingerprint density at radius 1 is 1.37 bits per heavy atom. The lowest BCUT2D eigenvalue weighted by molar-refractivity contribution is 0.0698. The summed E-state index contributed by atoms with van der Waals surface area (Å²) in [5.41, 5.74) is 7.11. The summed E-state index contributed by atoms with van der Waals surface area (Å²) in [6.07, 6.45) is 4.48. The molecule has 1 aromatic rings. The van der Waals surface area contributed by atoms with Crippen molar-refractivity contribution < 1.29 is 15.0 Å². The molecule has 19 heavy (non-hydrogen) atoms. The van der Waals surface area contributed by atoms with E-state index >= 15 is 0 Å². The lowest BCUT2D eigenvalue weighted by atomic mass is 10.1. The number of nitrogens with zero attached hydrogens (tertiary/aromatic N) is 1. The van der Waals surface area contributed by atoms with Gasteiger partial charge < -0.3 is 20.8 Å². The minimum Gasteiger partial charge on any atom is -0.478 e. The molecule has 0 heterocycles. The molecule has 1 aliphatic carbocycles. The predicted octanol–water partition coefficient (Wildman–Crippen LogP) is 1.71. The topological polar surface area (TPSA) is 86.8 Å². The fourth-order valence-electron chi connectivity index (χ4n) is 2.81. The van der Waals surface area contributed by atoms with Crippen LogP contribution in [0.25, 0.3) is 0 Å². The van der Waals surface area contributed by atoms with Gasteiger partial charge in [0.1, 0.15) is 0 Å². The van der Waals surface area contributed by atoms with Crippen molar-refractivity contribution in [3.05, 3.63) is 23.8 Å². The van der Waals surface area contributed by atoms with Crippen molar-refractivity contribution in [2.24, 2.45) is 0 Å². The lowest BCUT2D eigenvalue weighted by Crippen LogP contribution is -2.36. The first-order chi connectivity index (χ1) is 9.15. The number of carboxylic acids is 1. The molecule has 2 rings (SSSR count). The number of nitrogens with two attached hydrogens (primary N) is 1. The Bertz CT molecular complexity index is 456. The maximum atomic E-state index is 11.1. The molecule has 1 saturated carbocycles. The molecular formula is C14H20N2O3. The van der Waals surface area contributed by atoms with Gasteiger partial charge in [-0.1, -0.05) is 18.9 Å². The van der Waals surface area contributed by atoms with Gasteiger partial charge in [-0.2, -0.15) is 0 Å². The molecule has 0 spiro atoms. The zero-order valence-electron chi connectivity index (χ0n) is 10.9. The van der Waals surface area contributed by atoms with Crippen LogP contribution in [0.3, 0.4) is 0 Å². The van der Waals surface area contributed by atoms with Crippen LogP contribution in [-0.4, -0.2) is 35.4 Å². The van der Waals surface area contributed by atoms with Crippen LogP contribution in [0.2, 0.25) is 0 Å². The number of benzene rings is 1. The van der Waals surface area contributed by atoms with Crippen molar-refractivity contribution >= 4 is 17.3 Å². The number of aromatic carboxylic acids is 1. The maximum absolute atomic E-state index is 11.1. The second-order valence-electron chi connectivity index (χ2n) is 4.90. The van der Waals surface area contributed by atoms with Crippen LogP contribution in [0, 0.1) is 0 Å². The summed E-state index contributed by atoms with van der Waals surface area (Å²) in [7, 11) is 0. The van der Waals surface area contributed by atoms with Crippen LogP contribution in [0.1, 0.15) is 36.0 Å². The van der Waals surface area contributed by atoms with Gasteiger partial charge in [0, 0.05) is 12.6 Å². The standard InChI is InChI=1S/C14H20N2O3/c15-13-11(14(18)19)6-3-7-12(13)16(8-9-17)10-4-1-2-5-10/h3,6-7,10,17H,1-2,4-5,8-9,15H2,(H,18,19). The number of hydrogen-bond acceptors (Lipinski definition) is 4. The molecule has 0 aliphatic heterocycles. The zero-order chi connectivity index (χ0) is 13.8. The zero-order valence-corrected chi connectivity index (χ0v) is 10.9. The number of aliphatic hydroxyl groups excluding tert-OH is 1. The summed E-state index contributed by atoms with van der Waals surface area (Å²) in [6, 6.07) is 5.38. The molecule has 0 aromatic heterocycles. The van der Waals surface area contributed by atoms with Gasteiger partial charge in [-0.3, -0.25) is 0 Å². The van der Waals surface area contributed by atoms with Crippen LogP contribution in [-0.2, 0) is 0 Å². The maximum Gasteiger partial charge on any atom is 0.337 e. The van der Waals surface area contributed by atoms with E-state index in [0.29, 0.717) is 12.6 Å². The largest absolute Gasteiger partial charge is 0.478 e. The third kappa shape index (κ3) is 2.81. The van der Waals surface area contributed by atoms with E-state index in [1.54, 1.807) is 6.07 Å². The van der Waals surface area contributed by atoms with E-state index in [0.717, 1.165) is 18.5 Å². The number of carbonyl (C=O) groups is 1. The van der Waals surface area contributed by atoms with Gasteiger partial charge in [0.2, 0.25) is 0 Å². The van der Waals surface area contributed by atoms with E-state index in [2.05, 4.69) is 4.90 Å². The van der Waals surface area contributed by atoms with Crippen molar-refractivity contribution in [3.63, 3.8) is 0 Å². The van der Waals surface area contributed by atoms with Gasteiger partial charge in [0.25, 0.3) is 0 Å². The average Bonchev–Trinajstić information content (AvgIpc) is 2.90. The SMILES string of the molecule is Nc1c(C(=O)O)cccc1N(CCO)C1CCCC1. The second kappa shape index (κ2) is 5.93. The smallest absolute Gasteiger partial charge is 0.337 e. The minimum atomic E-state index is -1.02. The molecule has 1 aromatic carbocycles. The average molecular weight is 264 g/mol. The van der Waals surface area contributed by atoms with Gasteiger partial charge in [0.15, 0.2) is 0 Å². The number of rotatable bonds is 5. The van der Waals surface area contributed by atoms with E-state index in [1.165, 1.54) is 18.9 Å². The van der Waals surface area contributed by atoms with Crippen molar-refractivity contribution in [3.8, 4) is 0 Å². The molecule has 0 bridgehead atoms. The Kier molecular flexibility index (Phi) is 4.27. The third-order valence-corrected chi connectivity index (χ3v) is 3.73. The van der Waals surface area contributed by atoms with E-state index in [-0.39, 0.29) is 17.9 Å². The first-order valence-corrected chi connectivity index (χ1v) is 6.64. The Labute approximate surface area is 112 Å². The molecule has 1 fully saturated rings. The first-order valence-electron chi connectivity index (χ1n) is 6.64. The molecule has 0 atom stereocenters. The van der Waals surface area contributed by atoms with Crippen LogP contribution in [0.15, 0.2) is 18.2 Å². The molecule has 0 amide bonds. The summed E-state index contributed by atoms with van der Waals surface area (Å²) >= 11 is 0. The number of anilines is 2. The second-order valence-corrected chi connectivity index (χ2v) is 4.90. The summed E-state index contributed by atoms with van der Waals surface area (Å²) in [6.45, 7) is 0.519. The third-order valence-electron chi connectivity index (χ3n) is 3.73. The van der Waals surface area contributed by atoms with E-state index in [1.807, 2.05) is 6.07 Å². The Hall–Kier alpha value is -1.75. The fraction of sp³-hybridized carbons (Fsp3) is 0.500. The molecule has 5 nitrogen and oxygen atoms in total. The molecule has 104 valence electrons. The van der Waals surface area contributed by atoms with Gasteiger partial charge in [0.05, 0.1) is 23.5 Å². The molecule has 5 heteroatoms. The van der Waals surface area contributed by atoms with Gasteiger partial charge in [-0.25, -0.2) is 4.79 Å². The van der Waals surface area contributed by atoms with Crippen LogP contribution in [0.5, 0.6) is 0 Å². The molecule has 0 saturated heterocycles. The van der Waals surface area contributed by atoms with Crippen molar-refractivity contribution in [1.29, 1.82) is 0 Å². The van der Waals surface area contributed by atoms with Crippen molar-refractivity contribution in [1.82, 2.24) is 0 Å². The van der Waals surface area contributed by atoms with Gasteiger partial charge >= 0.3 is 5.97 Å². The summed E-state index contributed by atoms with van der Waals surface area (Å²) in [4.78, 5) is 13.2. The summed E-state index contributed by atoms with van der Waals surface area (Å²) in [5.74, 6) is -1.02. The molecule has 0 radical (unpaired) electrons. The highest BCUT2D eigenvalue weighted by Gasteiger charge is 2.25. The van der Waals surface area contributed by atoms with E-state index in [4.69, 9.17) is 10.8 Å². The Balaban J connectivity index is 2.35. The summed E-state index contributed by atoms with van der Waals surface area (Å²) in [5, 5.41) is 18.3. The molecule has 4 N–H and O–H groups in total. The summed E-state index contributed by atoms with van der Waals surface area (Å²) < 4.78 is 0. The van der Waals surface area contributed by atoms with Crippen LogP contribution in [0.4, 0.5) is 11.4 Å². The van der Waals surface area contributed by atoms with E-state index in [9.17, 15) is 9.90 Å². The van der Waals surface area contributed by atoms with Crippen LogP contribution < -0.4 is 10.6 Å². The minimum absolute atomic E-state index is 0.0350. The van der Waals surface area contributed by atoms with Gasteiger partial charge in [-0.15, -0.1) is 0 Å². The Morgan fingerprint density at radius 3 is 2.63 bits per heavy atom. The highest BCUT2D eigenvalue weighted by Crippen LogP contribution is 2.33. The fourth-order valence-corrected chi connectivity index (χ4v) is 2.81. The number of hydrogen-bond donors (Lipinski definition) is 3. The number of para-hydroxylation sites is 1. The highest BCUT2D eigenvalue weighted by atomic mass is 16.4. The number of carboxylic acid groups (broad SMARTS) is 1. The monoisotopic (exact) mass is 264 g/mol. The lowest BCUT2D eigenvalue weighted by Gasteiger charge is -2.32. The normalized spacial score (nSPS) is 15.6.